The lowest BCUT2D eigenvalue weighted by Crippen LogP contribution is -2.52. The normalized spacial score (nSPS) is 23.2. The quantitative estimate of drug-likeness (QED) is 0.201. The van der Waals surface area contributed by atoms with Crippen molar-refractivity contribution in [1.82, 2.24) is 20.0 Å². The highest BCUT2D eigenvalue weighted by Crippen LogP contribution is 2.32. The van der Waals surface area contributed by atoms with Crippen LogP contribution in [0.5, 0.6) is 0 Å². The zero-order valence-electron chi connectivity index (χ0n) is 25.5. The van der Waals surface area contributed by atoms with E-state index in [1.165, 1.54) is 4.90 Å². The molecule has 4 heterocycles. The van der Waals surface area contributed by atoms with E-state index in [1.807, 2.05) is 4.90 Å². The molecule has 1 aromatic rings. The van der Waals surface area contributed by atoms with Crippen molar-refractivity contribution in [2.24, 2.45) is 5.73 Å². The number of rotatable bonds is 14. The number of carbonyl (C=O) groups is 4. The summed E-state index contributed by atoms with van der Waals surface area (Å²) in [5, 5.41) is 5.31. The van der Waals surface area contributed by atoms with Gasteiger partial charge < -0.3 is 35.1 Å². The number of carbonyl (C=O) groups excluding carboxylic acids is 4. The third kappa shape index (κ3) is 8.83. The molecule has 2 atom stereocenters. The summed E-state index contributed by atoms with van der Waals surface area (Å²) in [7, 11) is 0. The Morgan fingerprint density at radius 1 is 1.07 bits per heavy atom. The molecule has 4 amide bonds. The van der Waals surface area contributed by atoms with Gasteiger partial charge in [0.25, 0.3) is 5.91 Å². The van der Waals surface area contributed by atoms with Crippen LogP contribution in [0.3, 0.4) is 0 Å². The van der Waals surface area contributed by atoms with Crippen molar-refractivity contribution in [3.63, 3.8) is 0 Å². The zero-order valence-corrected chi connectivity index (χ0v) is 25.5. The molecule has 0 aliphatic carbocycles. The number of imide groups is 1. The second-order valence-electron chi connectivity index (χ2n) is 12.0. The average Bonchev–Trinajstić information content (AvgIpc) is 3.35. The lowest BCUT2D eigenvalue weighted by atomic mass is 10.0. The van der Waals surface area contributed by atoms with Gasteiger partial charge in [0.1, 0.15) is 6.04 Å². The van der Waals surface area contributed by atoms with Crippen LogP contribution in [0.4, 0.5) is 5.69 Å². The molecular weight excluding hydrogens is 568 g/mol. The van der Waals surface area contributed by atoms with Crippen LogP contribution in [0, 0.1) is 0 Å². The maximum Gasteiger partial charge on any atom is 0.255 e. The molecule has 0 saturated carbocycles. The van der Waals surface area contributed by atoms with Crippen molar-refractivity contribution >= 4 is 29.3 Å². The maximum absolute atomic E-state index is 13.3. The van der Waals surface area contributed by atoms with Crippen LogP contribution in [0.2, 0.25) is 0 Å². The van der Waals surface area contributed by atoms with E-state index < -0.39 is 11.9 Å². The second-order valence-corrected chi connectivity index (χ2v) is 12.0. The Hall–Kier alpha value is -2.94. The van der Waals surface area contributed by atoms with Crippen molar-refractivity contribution in [3.8, 4) is 0 Å². The van der Waals surface area contributed by atoms with Crippen LogP contribution in [0.1, 0.15) is 60.9 Å². The smallest absolute Gasteiger partial charge is 0.255 e. The number of nitrogens with zero attached hydrogens (tertiary/aromatic N) is 3. The van der Waals surface area contributed by atoms with E-state index in [-0.39, 0.29) is 49.9 Å². The van der Waals surface area contributed by atoms with Crippen molar-refractivity contribution in [3.05, 3.63) is 29.3 Å². The number of hydrogen-bond donors (Lipinski definition) is 3. The van der Waals surface area contributed by atoms with Crippen LogP contribution in [-0.4, -0.2) is 122 Å². The third-order valence-electron chi connectivity index (χ3n) is 8.81. The molecule has 4 N–H and O–H groups in total. The fourth-order valence-electron chi connectivity index (χ4n) is 6.19. The van der Waals surface area contributed by atoms with E-state index >= 15 is 0 Å². The summed E-state index contributed by atoms with van der Waals surface area (Å²) < 4.78 is 17.6. The molecule has 0 bridgehead atoms. The Kier molecular flexibility index (Phi) is 11.7. The number of nitrogens with one attached hydrogen (secondary N) is 2. The van der Waals surface area contributed by atoms with Gasteiger partial charge in [0.05, 0.1) is 26.4 Å². The van der Waals surface area contributed by atoms with Gasteiger partial charge in [-0.15, -0.1) is 0 Å². The molecule has 4 aliphatic rings. The van der Waals surface area contributed by atoms with Crippen LogP contribution >= 0.6 is 0 Å². The van der Waals surface area contributed by atoms with Gasteiger partial charge in [-0.25, -0.2) is 0 Å². The summed E-state index contributed by atoms with van der Waals surface area (Å²) in [6.07, 6.45) is 5.30. The number of fused-ring (bicyclic) bond motifs is 1. The van der Waals surface area contributed by atoms with Gasteiger partial charge in [0.2, 0.25) is 17.7 Å². The molecule has 2 unspecified atom stereocenters. The van der Waals surface area contributed by atoms with E-state index in [1.54, 1.807) is 18.2 Å². The summed E-state index contributed by atoms with van der Waals surface area (Å²) >= 11 is 0. The van der Waals surface area contributed by atoms with E-state index in [9.17, 15) is 19.2 Å². The summed E-state index contributed by atoms with van der Waals surface area (Å²) in [5.74, 6) is -1.29. The Labute approximate surface area is 258 Å². The summed E-state index contributed by atoms with van der Waals surface area (Å²) in [6.45, 7) is 6.51. The number of hydrogen-bond acceptors (Lipinski definition) is 10. The zero-order chi connectivity index (χ0) is 30.9. The van der Waals surface area contributed by atoms with E-state index in [2.05, 4.69) is 15.5 Å². The minimum Gasteiger partial charge on any atom is -0.379 e. The number of benzene rings is 1. The van der Waals surface area contributed by atoms with Crippen molar-refractivity contribution in [2.75, 3.05) is 71.0 Å². The first-order valence-corrected chi connectivity index (χ1v) is 15.9. The second kappa shape index (κ2) is 15.9. The molecule has 44 heavy (non-hydrogen) atoms. The first kappa shape index (κ1) is 32.5. The maximum atomic E-state index is 13.3. The van der Waals surface area contributed by atoms with E-state index in [0.29, 0.717) is 62.4 Å². The van der Waals surface area contributed by atoms with Gasteiger partial charge in [-0.1, -0.05) is 6.07 Å². The van der Waals surface area contributed by atoms with Crippen LogP contribution in [0.15, 0.2) is 18.2 Å². The Morgan fingerprint density at radius 3 is 2.66 bits per heavy atom. The summed E-state index contributed by atoms with van der Waals surface area (Å²) in [6, 6.07) is 4.77. The SMILES string of the molecule is NC1CCN(CCOCCN(CCOC2CCCCO2)CC(=O)Nc2cccc3c2CN(C2CCC(=O)NC2=O)C3=O)CC1. The topological polar surface area (TPSA) is 156 Å². The standard InChI is InChI=1S/C31H46N6O7/c32-22-9-11-35(12-10-22)13-17-42-18-14-36(15-19-44-29-6-1-2-16-43-29)21-28(39)33-25-5-3-4-23-24(25)20-37(31(23)41)26-7-8-27(38)34-30(26)40/h3-5,22,26,29H,1-2,6-21,32H2,(H,33,39)(H,34,38,40). The van der Waals surface area contributed by atoms with Gasteiger partial charge >= 0.3 is 0 Å². The van der Waals surface area contributed by atoms with Gasteiger partial charge in [0.15, 0.2) is 6.29 Å². The van der Waals surface area contributed by atoms with E-state index in [4.69, 9.17) is 19.9 Å². The highest BCUT2D eigenvalue weighted by Gasteiger charge is 2.40. The highest BCUT2D eigenvalue weighted by atomic mass is 16.7. The molecule has 13 nitrogen and oxygen atoms in total. The van der Waals surface area contributed by atoms with Gasteiger partial charge in [0, 0.05) is 62.1 Å². The van der Waals surface area contributed by atoms with E-state index in [0.717, 1.165) is 51.7 Å². The molecule has 4 aliphatic heterocycles. The molecule has 13 heteroatoms. The minimum absolute atomic E-state index is 0.122. The first-order chi connectivity index (χ1) is 21.4. The molecule has 0 aromatic heterocycles. The number of amides is 4. The van der Waals surface area contributed by atoms with Gasteiger partial charge in [-0.3, -0.25) is 29.4 Å². The molecule has 1 aromatic carbocycles. The Bertz CT molecular complexity index is 1170. The van der Waals surface area contributed by atoms with Crippen molar-refractivity contribution < 1.29 is 33.4 Å². The number of anilines is 1. The van der Waals surface area contributed by atoms with Crippen LogP contribution < -0.4 is 16.4 Å². The molecule has 0 radical (unpaired) electrons. The monoisotopic (exact) mass is 614 g/mol. The number of nitrogens with two attached hydrogens (primary N) is 1. The van der Waals surface area contributed by atoms with Gasteiger partial charge in [-0.2, -0.15) is 0 Å². The first-order valence-electron chi connectivity index (χ1n) is 15.9. The Morgan fingerprint density at radius 2 is 1.89 bits per heavy atom. The fraction of sp³-hybridized carbons (Fsp3) is 0.677. The lowest BCUT2D eigenvalue weighted by Gasteiger charge is -2.30. The fourth-order valence-corrected chi connectivity index (χ4v) is 6.19. The van der Waals surface area contributed by atoms with Gasteiger partial charge in [-0.05, 0) is 63.7 Å². The largest absolute Gasteiger partial charge is 0.379 e. The summed E-state index contributed by atoms with van der Waals surface area (Å²) in [5.41, 5.74) is 7.67. The average molecular weight is 615 g/mol. The number of ether oxygens (including phenoxy) is 3. The van der Waals surface area contributed by atoms with Crippen molar-refractivity contribution in [2.45, 2.75) is 69.9 Å². The minimum atomic E-state index is -0.715. The van der Waals surface area contributed by atoms with Crippen LogP contribution in [-0.2, 0) is 35.1 Å². The molecule has 0 spiro atoms. The lowest BCUT2D eigenvalue weighted by molar-refractivity contribution is -0.164. The predicted molar refractivity (Wildman–Crippen MR) is 162 cm³/mol. The highest BCUT2D eigenvalue weighted by molar-refractivity contribution is 6.06. The van der Waals surface area contributed by atoms with Crippen LogP contribution in [0.25, 0.3) is 0 Å². The molecule has 242 valence electrons. The summed E-state index contributed by atoms with van der Waals surface area (Å²) in [4.78, 5) is 56.4. The molecule has 3 fully saturated rings. The number of likely N-dealkylation sites (tertiary alicyclic amines) is 1. The van der Waals surface area contributed by atoms with Crippen molar-refractivity contribution in [1.29, 1.82) is 0 Å². The Balaban J connectivity index is 1.14. The third-order valence-corrected chi connectivity index (χ3v) is 8.81. The number of piperidine rings is 2. The predicted octanol–water partition coefficient (Wildman–Crippen LogP) is 0.671. The molecular formula is C31H46N6O7. The molecule has 5 rings (SSSR count). The molecule has 3 saturated heterocycles.